The standard InChI is InChI=1S/C19H26ClN3O2.ClH/c1-19(18(22)25,14-6-3-7-15(20)10-14)23-17(24)13-8-11-4-2-5-12(9-13)16(11)21;/h3,6-7,10-13,16H,2,4-5,8-9,21H2,1H3,(H2,22,25)(H,23,24);1H. The lowest BCUT2D eigenvalue weighted by Gasteiger charge is -2.44. The zero-order valence-corrected chi connectivity index (χ0v) is 16.5. The van der Waals surface area contributed by atoms with Gasteiger partial charge in [-0.1, -0.05) is 30.2 Å². The topological polar surface area (TPSA) is 98.2 Å². The molecule has 5 N–H and O–H groups in total. The molecule has 0 aromatic heterocycles. The fourth-order valence-corrected chi connectivity index (χ4v) is 4.62. The van der Waals surface area contributed by atoms with E-state index in [1.54, 1.807) is 31.2 Å². The quantitative estimate of drug-likeness (QED) is 0.725. The normalized spacial score (nSPS) is 29.8. The van der Waals surface area contributed by atoms with Gasteiger partial charge in [0, 0.05) is 17.0 Å². The Morgan fingerprint density at radius 3 is 2.38 bits per heavy atom. The lowest BCUT2D eigenvalue weighted by molar-refractivity contribution is -0.135. The largest absolute Gasteiger partial charge is 0.367 e. The van der Waals surface area contributed by atoms with E-state index in [0.29, 0.717) is 22.4 Å². The third kappa shape index (κ3) is 4.00. The average Bonchev–Trinajstić information content (AvgIpc) is 2.54. The minimum absolute atomic E-state index is 0. The van der Waals surface area contributed by atoms with Crippen LogP contribution in [0.4, 0.5) is 0 Å². The molecule has 2 saturated carbocycles. The second-order valence-corrected chi connectivity index (χ2v) is 8.12. The number of hydrogen-bond acceptors (Lipinski definition) is 3. The first kappa shape index (κ1) is 21.0. The number of nitrogens with one attached hydrogen (secondary N) is 1. The third-order valence-electron chi connectivity index (χ3n) is 6.05. The summed E-state index contributed by atoms with van der Waals surface area (Å²) in [4.78, 5) is 25.1. The molecule has 2 amide bonds. The lowest BCUT2D eigenvalue weighted by Crippen LogP contribution is -2.56. The highest BCUT2D eigenvalue weighted by Gasteiger charge is 2.43. The number of benzene rings is 1. The molecule has 3 rings (SSSR count). The van der Waals surface area contributed by atoms with Crippen molar-refractivity contribution in [3.63, 3.8) is 0 Å². The van der Waals surface area contributed by atoms with Crippen molar-refractivity contribution in [2.24, 2.45) is 29.2 Å². The van der Waals surface area contributed by atoms with E-state index < -0.39 is 11.4 Å². The van der Waals surface area contributed by atoms with Crippen molar-refractivity contribution in [3.05, 3.63) is 34.9 Å². The zero-order chi connectivity index (χ0) is 18.2. The van der Waals surface area contributed by atoms with Crippen molar-refractivity contribution in [3.8, 4) is 0 Å². The van der Waals surface area contributed by atoms with Crippen LogP contribution in [0.5, 0.6) is 0 Å². The molecule has 7 heteroatoms. The first-order valence-corrected chi connectivity index (χ1v) is 9.32. The van der Waals surface area contributed by atoms with E-state index in [0.717, 1.165) is 25.7 Å². The Morgan fingerprint density at radius 1 is 1.23 bits per heavy atom. The van der Waals surface area contributed by atoms with Crippen LogP contribution in [-0.4, -0.2) is 17.9 Å². The number of amides is 2. The van der Waals surface area contributed by atoms with E-state index in [4.69, 9.17) is 23.1 Å². The number of fused-ring (bicyclic) bond motifs is 2. The molecule has 0 radical (unpaired) electrons. The van der Waals surface area contributed by atoms with Gasteiger partial charge < -0.3 is 16.8 Å². The van der Waals surface area contributed by atoms with E-state index in [-0.39, 0.29) is 30.3 Å². The second kappa shape index (κ2) is 8.15. The maximum atomic E-state index is 12.9. The molecular formula is C19H27Cl2N3O2. The van der Waals surface area contributed by atoms with Gasteiger partial charge in [-0.2, -0.15) is 0 Å². The van der Waals surface area contributed by atoms with Crippen molar-refractivity contribution >= 4 is 35.8 Å². The summed E-state index contributed by atoms with van der Waals surface area (Å²) in [5.74, 6) is -0.0441. The molecule has 5 nitrogen and oxygen atoms in total. The van der Waals surface area contributed by atoms with E-state index in [9.17, 15) is 9.59 Å². The fraction of sp³-hybridized carbons (Fsp3) is 0.579. The Balaban J connectivity index is 0.00000243. The van der Waals surface area contributed by atoms with Gasteiger partial charge in [0.1, 0.15) is 5.54 Å². The molecule has 2 aliphatic rings. The molecule has 1 aromatic carbocycles. The summed E-state index contributed by atoms with van der Waals surface area (Å²) in [5, 5.41) is 3.39. The first-order valence-electron chi connectivity index (χ1n) is 8.95. The van der Waals surface area contributed by atoms with Crippen LogP contribution in [-0.2, 0) is 15.1 Å². The summed E-state index contributed by atoms with van der Waals surface area (Å²) in [6.45, 7) is 1.63. The highest BCUT2D eigenvalue weighted by Crippen LogP contribution is 2.42. The van der Waals surface area contributed by atoms with Gasteiger partial charge in [-0.25, -0.2) is 0 Å². The Labute approximate surface area is 165 Å². The van der Waals surface area contributed by atoms with Gasteiger partial charge in [0.05, 0.1) is 0 Å². The Morgan fingerprint density at radius 2 is 1.85 bits per heavy atom. The molecule has 0 saturated heterocycles. The van der Waals surface area contributed by atoms with Crippen LogP contribution >= 0.6 is 24.0 Å². The van der Waals surface area contributed by atoms with Gasteiger partial charge >= 0.3 is 0 Å². The average molecular weight is 400 g/mol. The number of hydrogen-bond donors (Lipinski definition) is 3. The number of halogens is 2. The third-order valence-corrected chi connectivity index (χ3v) is 6.29. The summed E-state index contributed by atoms with van der Waals surface area (Å²) in [7, 11) is 0. The molecule has 2 fully saturated rings. The zero-order valence-electron chi connectivity index (χ0n) is 14.9. The van der Waals surface area contributed by atoms with Crippen LogP contribution in [0.15, 0.2) is 24.3 Å². The summed E-state index contributed by atoms with van der Waals surface area (Å²) in [6, 6.07) is 7.08. The molecule has 144 valence electrons. The summed E-state index contributed by atoms with van der Waals surface area (Å²) in [5.41, 5.74) is 11.2. The summed E-state index contributed by atoms with van der Waals surface area (Å²) < 4.78 is 0. The number of primary amides is 1. The Bertz CT molecular complexity index is 671. The second-order valence-electron chi connectivity index (χ2n) is 7.69. The highest BCUT2D eigenvalue weighted by molar-refractivity contribution is 6.30. The number of carbonyl (C=O) groups is 2. The van der Waals surface area contributed by atoms with Gasteiger partial charge in [-0.3, -0.25) is 9.59 Å². The van der Waals surface area contributed by atoms with E-state index in [1.807, 2.05) is 0 Å². The molecule has 2 aliphatic carbocycles. The van der Waals surface area contributed by atoms with Crippen LogP contribution in [0.25, 0.3) is 0 Å². The molecule has 2 bridgehead atoms. The highest BCUT2D eigenvalue weighted by atomic mass is 35.5. The first-order chi connectivity index (χ1) is 11.8. The van der Waals surface area contributed by atoms with Crippen molar-refractivity contribution in [2.75, 3.05) is 0 Å². The van der Waals surface area contributed by atoms with Crippen LogP contribution in [0, 0.1) is 17.8 Å². The number of rotatable bonds is 4. The van der Waals surface area contributed by atoms with Crippen molar-refractivity contribution in [1.29, 1.82) is 0 Å². The Hall–Kier alpha value is -1.30. The maximum Gasteiger partial charge on any atom is 0.247 e. The number of nitrogens with two attached hydrogens (primary N) is 2. The van der Waals surface area contributed by atoms with Crippen LogP contribution in [0.3, 0.4) is 0 Å². The van der Waals surface area contributed by atoms with E-state index >= 15 is 0 Å². The van der Waals surface area contributed by atoms with Crippen molar-refractivity contribution < 1.29 is 9.59 Å². The molecule has 3 atom stereocenters. The molecule has 0 aliphatic heterocycles. The SMILES string of the molecule is CC(NC(=O)C1CC2CCCC(C1)C2N)(C(N)=O)c1cccc(Cl)c1.Cl. The van der Waals surface area contributed by atoms with Crippen molar-refractivity contribution in [1.82, 2.24) is 5.32 Å². The monoisotopic (exact) mass is 399 g/mol. The van der Waals surface area contributed by atoms with Gasteiger partial charge in [0.15, 0.2) is 0 Å². The maximum absolute atomic E-state index is 12.9. The van der Waals surface area contributed by atoms with Gasteiger partial charge in [-0.15, -0.1) is 12.4 Å². The molecule has 0 heterocycles. The van der Waals surface area contributed by atoms with Crippen LogP contribution < -0.4 is 16.8 Å². The number of carbonyl (C=O) groups excluding carboxylic acids is 2. The minimum Gasteiger partial charge on any atom is -0.367 e. The van der Waals surface area contributed by atoms with Gasteiger partial charge in [-0.05, 0) is 62.1 Å². The predicted octanol–water partition coefficient (Wildman–Crippen LogP) is 2.73. The lowest BCUT2D eigenvalue weighted by atomic mass is 9.65. The molecular weight excluding hydrogens is 373 g/mol. The van der Waals surface area contributed by atoms with Gasteiger partial charge in [0.2, 0.25) is 11.8 Å². The molecule has 3 unspecified atom stereocenters. The summed E-state index contributed by atoms with van der Waals surface area (Å²) >= 11 is 6.04. The van der Waals surface area contributed by atoms with Crippen LogP contribution in [0.1, 0.15) is 44.6 Å². The molecule has 0 spiro atoms. The van der Waals surface area contributed by atoms with Crippen molar-refractivity contribution in [2.45, 2.75) is 50.6 Å². The van der Waals surface area contributed by atoms with E-state index in [1.165, 1.54) is 6.42 Å². The molecule has 26 heavy (non-hydrogen) atoms. The minimum atomic E-state index is -1.28. The van der Waals surface area contributed by atoms with E-state index in [2.05, 4.69) is 5.32 Å². The van der Waals surface area contributed by atoms with Gasteiger partial charge in [0.25, 0.3) is 0 Å². The summed E-state index contributed by atoms with van der Waals surface area (Å²) in [6.07, 6.45) is 4.94. The molecule has 1 aromatic rings. The predicted molar refractivity (Wildman–Crippen MR) is 105 cm³/mol. The Kier molecular flexibility index (Phi) is 6.59. The smallest absolute Gasteiger partial charge is 0.247 e. The fourth-order valence-electron chi connectivity index (χ4n) is 4.43. The van der Waals surface area contributed by atoms with Crippen LogP contribution in [0.2, 0.25) is 5.02 Å².